The predicted molar refractivity (Wildman–Crippen MR) is 74.7 cm³/mol. The number of benzene rings is 1. The van der Waals surface area contributed by atoms with Crippen molar-refractivity contribution in [1.29, 1.82) is 0 Å². The van der Waals surface area contributed by atoms with Crippen LogP contribution in [0.1, 0.15) is 11.7 Å². The first-order valence-corrected chi connectivity index (χ1v) is 6.54. The zero-order chi connectivity index (χ0) is 15.2. The first-order chi connectivity index (χ1) is 10.1. The normalized spacial score (nSPS) is 19.7. The van der Waals surface area contributed by atoms with E-state index in [0.29, 0.717) is 11.3 Å². The number of aliphatic hydroxyl groups excluding tert-OH is 1. The highest BCUT2D eigenvalue weighted by molar-refractivity contribution is 5.91. The van der Waals surface area contributed by atoms with Crippen LogP contribution in [0.15, 0.2) is 24.3 Å². The molecule has 7 nitrogen and oxygen atoms in total. The van der Waals surface area contributed by atoms with E-state index in [-0.39, 0.29) is 31.6 Å². The number of nitrogens with one attached hydrogen (secondary N) is 2. The van der Waals surface area contributed by atoms with Crippen molar-refractivity contribution in [2.75, 3.05) is 32.2 Å². The molecule has 0 bridgehead atoms. The third-order valence-corrected chi connectivity index (χ3v) is 3.07. The topological polar surface area (TPSA) is 96.9 Å². The van der Waals surface area contributed by atoms with Gasteiger partial charge < -0.3 is 25.2 Å². The molecule has 2 atom stereocenters. The van der Waals surface area contributed by atoms with E-state index < -0.39 is 12.1 Å². The molecular formula is C14H18N2O5. The fourth-order valence-electron chi connectivity index (χ4n) is 2.06. The summed E-state index contributed by atoms with van der Waals surface area (Å²) in [6.45, 7) is 0.267. The molecule has 7 heteroatoms. The van der Waals surface area contributed by atoms with Gasteiger partial charge in [0.15, 0.2) is 0 Å². The minimum absolute atomic E-state index is 0.0180. The zero-order valence-electron chi connectivity index (χ0n) is 11.7. The van der Waals surface area contributed by atoms with Crippen LogP contribution in [0.4, 0.5) is 5.69 Å². The van der Waals surface area contributed by atoms with Gasteiger partial charge in [0, 0.05) is 12.8 Å². The summed E-state index contributed by atoms with van der Waals surface area (Å²) in [6, 6.07) is 6.26. The summed E-state index contributed by atoms with van der Waals surface area (Å²) in [4.78, 5) is 22.6. The Labute approximate surface area is 122 Å². The molecule has 3 N–H and O–H groups in total. The van der Waals surface area contributed by atoms with Crippen molar-refractivity contribution in [1.82, 2.24) is 5.32 Å². The van der Waals surface area contributed by atoms with Crippen LogP contribution < -0.4 is 10.6 Å². The lowest BCUT2D eigenvalue weighted by Gasteiger charge is -2.28. The fourth-order valence-corrected chi connectivity index (χ4v) is 2.06. The molecule has 2 amide bonds. The van der Waals surface area contributed by atoms with E-state index in [1.807, 2.05) is 0 Å². The molecule has 1 fully saturated rings. The molecule has 0 aromatic heterocycles. The molecule has 0 aliphatic carbocycles. The van der Waals surface area contributed by atoms with Crippen LogP contribution in [-0.2, 0) is 19.1 Å². The number of hydrogen-bond donors (Lipinski definition) is 3. The van der Waals surface area contributed by atoms with Crippen molar-refractivity contribution in [3.05, 3.63) is 29.8 Å². The Morgan fingerprint density at radius 3 is 2.86 bits per heavy atom. The molecule has 0 spiro atoms. The quantitative estimate of drug-likeness (QED) is 0.700. The zero-order valence-corrected chi connectivity index (χ0v) is 11.7. The third-order valence-electron chi connectivity index (χ3n) is 3.07. The Morgan fingerprint density at radius 1 is 1.52 bits per heavy atom. The molecule has 1 aliphatic rings. The van der Waals surface area contributed by atoms with Gasteiger partial charge in [-0.2, -0.15) is 0 Å². The number of rotatable bonds is 5. The first-order valence-electron chi connectivity index (χ1n) is 6.54. The van der Waals surface area contributed by atoms with Crippen LogP contribution in [0.5, 0.6) is 0 Å². The maximum atomic E-state index is 11.4. The van der Waals surface area contributed by atoms with Crippen molar-refractivity contribution < 1.29 is 24.2 Å². The van der Waals surface area contributed by atoms with Crippen molar-refractivity contribution in [2.45, 2.75) is 12.1 Å². The minimum Gasteiger partial charge on any atom is -0.386 e. The first kappa shape index (κ1) is 15.4. The summed E-state index contributed by atoms with van der Waals surface area (Å²) in [5.41, 5.74) is 1.24. The van der Waals surface area contributed by atoms with Gasteiger partial charge in [-0.1, -0.05) is 12.1 Å². The van der Waals surface area contributed by atoms with E-state index >= 15 is 0 Å². The number of ether oxygens (including phenoxy) is 2. The Bertz CT molecular complexity index is 503. The van der Waals surface area contributed by atoms with Gasteiger partial charge in [-0.15, -0.1) is 0 Å². The molecule has 1 heterocycles. The van der Waals surface area contributed by atoms with Gasteiger partial charge in [0.1, 0.15) is 19.3 Å². The van der Waals surface area contributed by atoms with Crippen molar-refractivity contribution in [3.8, 4) is 0 Å². The number of carbonyl (C=O) groups excluding carboxylic acids is 2. The van der Waals surface area contributed by atoms with Crippen LogP contribution >= 0.6 is 0 Å². The van der Waals surface area contributed by atoms with Gasteiger partial charge in [0.05, 0.1) is 12.6 Å². The summed E-state index contributed by atoms with van der Waals surface area (Å²) >= 11 is 0. The lowest BCUT2D eigenvalue weighted by Crippen LogP contribution is -2.48. The minimum atomic E-state index is -0.863. The van der Waals surface area contributed by atoms with E-state index in [4.69, 9.17) is 9.47 Å². The van der Waals surface area contributed by atoms with Crippen LogP contribution in [0.3, 0.4) is 0 Å². The lowest BCUT2D eigenvalue weighted by molar-refractivity contribution is -0.133. The summed E-state index contributed by atoms with van der Waals surface area (Å²) in [6.07, 6.45) is -0.863. The van der Waals surface area contributed by atoms with Crippen LogP contribution in [0.2, 0.25) is 0 Å². The maximum absolute atomic E-state index is 11.4. The number of aliphatic hydroxyl groups is 1. The molecule has 0 unspecified atom stereocenters. The number of morpholine rings is 1. The molecular weight excluding hydrogens is 276 g/mol. The van der Waals surface area contributed by atoms with E-state index in [0.717, 1.165) is 0 Å². The van der Waals surface area contributed by atoms with Gasteiger partial charge in [0.2, 0.25) is 11.8 Å². The highest BCUT2D eigenvalue weighted by Gasteiger charge is 2.26. The van der Waals surface area contributed by atoms with Gasteiger partial charge in [0.25, 0.3) is 0 Å². The smallest absolute Gasteiger partial charge is 0.250 e. The Morgan fingerprint density at radius 2 is 2.24 bits per heavy atom. The average molecular weight is 294 g/mol. The Kier molecular flexibility index (Phi) is 5.26. The summed E-state index contributed by atoms with van der Waals surface area (Å²) in [5, 5.41) is 15.6. The summed E-state index contributed by atoms with van der Waals surface area (Å²) < 4.78 is 9.82. The molecule has 0 radical (unpaired) electrons. The SMILES string of the molecule is COCC(=O)Nc1ccc([C@@H](O)[C@H]2COCC(=O)N2)cc1. The molecule has 114 valence electrons. The van der Waals surface area contributed by atoms with Crippen LogP contribution in [0, 0.1) is 0 Å². The molecule has 0 saturated carbocycles. The summed E-state index contributed by atoms with van der Waals surface area (Å²) in [7, 11) is 1.44. The number of anilines is 1. The average Bonchev–Trinajstić information content (AvgIpc) is 2.47. The van der Waals surface area contributed by atoms with E-state index in [2.05, 4.69) is 10.6 Å². The van der Waals surface area contributed by atoms with Crippen molar-refractivity contribution in [3.63, 3.8) is 0 Å². The van der Waals surface area contributed by atoms with Gasteiger partial charge in [-0.25, -0.2) is 0 Å². The predicted octanol–water partition coefficient (Wildman–Crippen LogP) is -0.180. The van der Waals surface area contributed by atoms with Crippen molar-refractivity contribution >= 4 is 17.5 Å². The van der Waals surface area contributed by atoms with Gasteiger partial charge >= 0.3 is 0 Å². The summed E-state index contributed by atoms with van der Waals surface area (Å²) in [5.74, 6) is -0.493. The lowest BCUT2D eigenvalue weighted by atomic mass is 10.0. The number of carbonyl (C=O) groups is 2. The second-order valence-corrected chi connectivity index (χ2v) is 4.74. The number of methoxy groups -OCH3 is 1. The van der Waals surface area contributed by atoms with Gasteiger partial charge in [-0.05, 0) is 17.7 Å². The van der Waals surface area contributed by atoms with E-state index in [1.165, 1.54) is 7.11 Å². The second kappa shape index (κ2) is 7.16. The highest BCUT2D eigenvalue weighted by atomic mass is 16.5. The fraction of sp³-hybridized carbons (Fsp3) is 0.429. The molecule has 21 heavy (non-hydrogen) atoms. The Balaban J connectivity index is 1.97. The van der Waals surface area contributed by atoms with E-state index in [1.54, 1.807) is 24.3 Å². The molecule has 1 aliphatic heterocycles. The largest absolute Gasteiger partial charge is 0.386 e. The van der Waals surface area contributed by atoms with Gasteiger partial charge in [-0.3, -0.25) is 9.59 Å². The molecule has 1 saturated heterocycles. The number of amides is 2. The standard InChI is InChI=1S/C14H18N2O5/c1-20-7-12(17)15-10-4-2-9(3-5-10)14(19)11-6-21-8-13(18)16-11/h2-5,11,14,19H,6-8H2,1H3,(H,15,17)(H,16,18)/t11-,14-/m1/s1. The second-order valence-electron chi connectivity index (χ2n) is 4.74. The van der Waals surface area contributed by atoms with Crippen LogP contribution in [0.25, 0.3) is 0 Å². The van der Waals surface area contributed by atoms with E-state index in [9.17, 15) is 14.7 Å². The molecule has 1 aromatic carbocycles. The van der Waals surface area contributed by atoms with Crippen molar-refractivity contribution in [2.24, 2.45) is 0 Å². The Hall–Kier alpha value is -1.96. The van der Waals surface area contributed by atoms with Crippen LogP contribution in [-0.4, -0.2) is 49.9 Å². The molecule has 2 rings (SSSR count). The highest BCUT2D eigenvalue weighted by Crippen LogP contribution is 2.20. The molecule has 1 aromatic rings. The number of hydrogen-bond acceptors (Lipinski definition) is 5. The monoisotopic (exact) mass is 294 g/mol. The maximum Gasteiger partial charge on any atom is 0.250 e. The third kappa shape index (κ3) is 4.25.